The highest BCUT2D eigenvalue weighted by Gasteiger charge is 2.46. The Bertz CT molecular complexity index is 1220. The van der Waals surface area contributed by atoms with Crippen LogP contribution in [0.1, 0.15) is 34.0 Å². The number of hydrogen-bond acceptors (Lipinski definition) is 5. The summed E-state index contributed by atoms with van der Waals surface area (Å²) in [5.74, 6) is 1.55. The van der Waals surface area contributed by atoms with Crippen LogP contribution in [0.3, 0.4) is 0 Å². The molecule has 0 aromatic heterocycles. The number of nitrogens with zero attached hydrogens (tertiary/aromatic N) is 1. The van der Waals surface area contributed by atoms with E-state index in [4.69, 9.17) is 14.2 Å². The number of hydrogen-bond donors (Lipinski definition) is 1. The van der Waals surface area contributed by atoms with E-state index < -0.39 is 5.54 Å². The van der Waals surface area contributed by atoms with Gasteiger partial charge in [-0.3, -0.25) is 9.59 Å². The molecule has 7 nitrogen and oxygen atoms in total. The Kier molecular flexibility index (Phi) is 6.96. The van der Waals surface area contributed by atoms with Crippen molar-refractivity contribution in [1.29, 1.82) is 0 Å². The highest BCUT2D eigenvalue weighted by atomic mass is 16.5. The van der Waals surface area contributed by atoms with Gasteiger partial charge in [0.25, 0.3) is 5.91 Å². The molecule has 0 fully saturated rings. The zero-order valence-corrected chi connectivity index (χ0v) is 20.5. The third kappa shape index (κ3) is 4.94. The van der Waals surface area contributed by atoms with Crippen molar-refractivity contribution in [3.05, 3.63) is 89.0 Å². The molecule has 182 valence electrons. The zero-order chi connectivity index (χ0) is 25.0. The van der Waals surface area contributed by atoms with Crippen molar-refractivity contribution >= 4 is 11.8 Å². The minimum atomic E-state index is -1.10. The summed E-state index contributed by atoms with van der Waals surface area (Å²) in [7, 11) is 4.77. The number of nitrogens with one attached hydrogen (secondary N) is 1. The monoisotopic (exact) mass is 474 g/mol. The third-order valence-corrected chi connectivity index (χ3v) is 6.45. The molecule has 1 atom stereocenters. The summed E-state index contributed by atoms with van der Waals surface area (Å²) >= 11 is 0. The SMILES string of the molecule is COc1cccc(CNC(=O)[C@]2(C)Cc3ccccc3C(=O)N2Cc2cc(OC)cc(OC)c2)c1. The van der Waals surface area contributed by atoms with E-state index in [1.165, 1.54) is 0 Å². The average Bonchev–Trinajstić information content (AvgIpc) is 2.89. The molecule has 35 heavy (non-hydrogen) atoms. The van der Waals surface area contributed by atoms with E-state index in [0.29, 0.717) is 30.0 Å². The Hall–Kier alpha value is -4.00. The Morgan fingerprint density at radius 2 is 1.54 bits per heavy atom. The first-order valence-corrected chi connectivity index (χ1v) is 11.4. The minimum absolute atomic E-state index is 0.187. The van der Waals surface area contributed by atoms with Gasteiger partial charge in [-0.15, -0.1) is 0 Å². The van der Waals surface area contributed by atoms with Crippen LogP contribution in [-0.2, 0) is 24.3 Å². The van der Waals surface area contributed by atoms with Crippen molar-refractivity contribution in [3.63, 3.8) is 0 Å². The molecule has 0 aliphatic carbocycles. The predicted molar refractivity (Wildman–Crippen MR) is 133 cm³/mol. The second kappa shape index (κ2) is 10.1. The maximum absolute atomic E-state index is 13.7. The lowest BCUT2D eigenvalue weighted by atomic mass is 9.82. The number of benzene rings is 3. The summed E-state index contributed by atoms with van der Waals surface area (Å²) < 4.78 is 16.1. The summed E-state index contributed by atoms with van der Waals surface area (Å²) in [6.07, 6.45) is 0.403. The molecule has 2 amide bonds. The second-order valence-electron chi connectivity index (χ2n) is 8.75. The summed E-state index contributed by atoms with van der Waals surface area (Å²) in [6, 6.07) is 20.5. The number of fused-ring (bicyclic) bond motifs is 1. The minimum Gasteiger partial charge on any atom is -0.497 e. The van der Waals surface area contributed by atoms with E-state index in [1.807, 2.05) is 67.6 Å². The molecule has 1 aliphatic rings. The summed E-state index contributed by atoms with van der Waals surface area (Å²) in [5, 5.41) is 3.03. The molecule has 0 saturated carbocycles. The highest BCUT2D eigenvalue weighted by molar-refractivity contribution is 6.02. The topological polar surface area (TPSA) is 77.1 Å². The molecular weight excluding hydrogens is 444 g/mol. The smallest absolute Gasteiger partial charge is 0.255 e. The Balaban J connectivity index is 1.66. The van der Waals surface area contributed by atoms with Gasteiger partial charge in [0.05, 0.1) is 21.3 Å². The summed E-state index contributed by atoms with van der Waals surface area (Å²) in [5.41, 5.74) is 2.09. The van der Waals surface area contributed by atoms with E-state index in [0.717, 1.165) is 22.4 Å². The fourth-order valence-electron chi connectivity index (χ4n) is 4.46. The number of carbonyl (C=O) groups is 2. The number of amides is 2. The van der Waals surface area contributed by atoms with Gasteiger partial charge < -0.3 is 24.4 Å². The molecule has 0 radical (unpaired) electrons. The van der Waals surface area contributed by atoms with Crippen molar-refractivity contribution in [2.75, 3.05) is 21.3 Å². The quantitative estimate of drug-likeness (QED) is 0.534. The molecule has 3 aromatic carbocycles. The zero-order valence-electron chi connectivity index (χ0n) is 20.5. The first-order valence-electron chi connectivity index (χ1n) is 11.4. The highest BCUT2D eigenvalue weighted by Crippen LogP contribution is 2.34. The maximum Gasteiger partial charge on any atom is 0.255 e. The lowest BCUT2D eigenvalue weighted by Gasteiger charge is -2.44. The van der Waals surface area contributed by atoms with Crippen molar-refractivity contribution < 1.29 is 23.8 Å². The van der Waals surface area contributed by atoms with Gasteiger partial charge in [0.2, 0.25) is 5.91 Å². The Morgan fingerprint density at radius 1 is 0.886 bits per heavy atom. The van der Waals surface area contributed by atoms with Gasteiger partial charge >= 0.3 is 0 Å². The number of carbonyl (C=O) groups excluding carboxylic acids is 2. The molecule has 0 spiro atoms. The van der Waals surface area contributed by atoms with E-state index >= 15 is 0 Å². The van der Waals surface area contributed by atoms with Crippen LogP contribution in [0, 0.1) is 0 Å². The molecule has 1 aliphatic heterocycles. The van der Waals surface area contributed by atoms with Crippen molar-refractivity contribution in [2.24, 2.45) is 0 Å². The molecule has 7 heteroatoms. The standard InChI is InChI=1S/C28H30N2O5/c1-28(27(32)29-17-19-8-7-10-22(12-19)33-2)16-21-9-5-6-11-25(21)26(31)30(28)18-20-13-23(34-3)15-24(14-20)35-4/h5-15H,16-18H2,1-4H3,(H,29,32)/t28-/m0/s1. The van der Waals surface area contributed by atoms with Crippen LogP contribution in [0.4, 0.5) is 0 Å². The first-order chi connectivity index (χ1) is 16.9. The molecule has 3 aromatic rings. The lowest BCUT2D eigenvalue weighted by Crippen LogP contribution is -2.62. The molecule has 0 saturated heterocycles. The Morgan fingerprint density at radius 3 is 2.23 bits per heavy atom. The maximum atomic E-state index is 13.7. The van der Waals surface area contributed by atoms with Gasteiger partial charge in [0.15, 0.2) is 0 Å². The molecule has 0 unspecified atom stereocenters. The van der Waals surface area contributed by atoms with Crippen molar-refractivity contribution in [1.82, 2.24) is 10.2 Å². The first kappa shape index (κ1) is 24.1. The fraction of sp³-hybridized carbons (Fsp3) is 0.286. The van der Waals surface area contributed by atoms with Crippen LogP contribution in [0.25, 0.3) is 0 Å². The van der Waals surface area contributed by atoms with Gasteiger partial charge in [0, 0.05) is 31.1 Å². The third-order valence-electron chi connectivity index (χ3n) is 6.45. The number of ether oxygens (including phenoxy) is 3. The summed E-state index contributed by atoms with van der Waals surface area (Å²) in [4.78, 5) is 29.0. The van der Waals surface area contributed by atoms with Crippen molar-refractivity contribution in [3.8, 4) is 17.2 Å². The molecule has 1 N–H and O–H groups in total. The fourth-order valence-corrected chi connectivity index (χ4v) is 4.46. The van der Waals surface area contributed by atoms with Crippen LogP contribution in [0.2, 0.25) is 0 Å². The van der Waals surface area contributed by atoms with Crippen LogP contribution >= 0.6 is 0 Å². The predicted octanol–water partition coefficient (Wildman–Crippen LogP) is 3.99. The lowest BCUT2D eigenvalue weighted by molar-refractivity contribution is -0.132. The van der Waals surface area contributed by atoms with Gasteiger partial charge in [-0.05, 0) is 53.9 Å². The molecule has 0 bridgehead atoms. The number of methoxy groups -OCH3 is 3. The summed E-state index contributed by atoms with van der Waals surface area (Å²) in [6.45, 7) is 2.37. The van der Waals surface area contributed by atoms with Crippen LogP contribution in [-0.4, -0.2) is 43.6 Å². The average molecular weight is 475 g/mol. The van der Waals surface area contributed by atoms with Gasteiger partial charge in [-0.25, -0.2) is 0 Å². The number of rotatable bonds is 8. The van der Waals surface area contributed by atoms with E-state index in [9.17, 15) is 9.59 Å². The van der Waals surface area contributed by atoms with Gasteiger partial charge in [0.1, 0.15) is 22.8 Å². The second-order valence-corrected chi connectivity index (χ2v) is 8.75. The van der Waals surface area contributed by atoms with E-state index in [1.54, 1.807) is 32.3 Å². The van der Waals surface area contributed by atoms with E-state index in [2.05, 4.69) is 5.32 Å². The Labute approximate surface area is 205 Å². The normalized spacial score (nSPS) is 16.9. The molecule has 4 rings (SSSR count). The van der Waals surface area contributed by atoms with Crippen LogP contribution < -0.4 is 19.5 Å². The van der Waals surface area contributed by atoms with Crippen LogP contribution in [0.5, 0.6) is 17.2 Å². The van der Waals surface area contributed by atoms with Gasteiger partial charge in [-0.2, -0.15) is 0 Å². The molecule has 1 heterocycles. The van der Waals surface area contributed by atoms with Gasteiger partial charge in [-0.1, -0.05) is 30.3 Å². The van der Waals surface area contributed by atoms with Crippen molar-refractivity contribution in [2.45, 2.75) is 32.0 Å². The van der Waals surface area contributed by atoms with Crippen LogP contribution in [0.15, 0.2) is 66.7 Å². The largest absolute Gasteiger partial charge is 0.497 e. The van der Waals surface area contributed by atoms with E-state index in [-0.39, 0.29) is 18.4 Å². The molecular formula is C28H30N2O5.